The summed E-state index contributed by atoms with van der Waals surface area (Å²) in [6.07, 6.45) is -13.4. The molecule has 3 fully saturated rings. The number of aliphatic hydroxyl groups is 7. The summed E-state index contributed by atoms with van der Waals surface area (Å²) < 4.78 is 11.6. The van der Waals surface area contributed by atoms with E-state index < -0.39 is 158 Å². The molecule has 460 valence electrons. The van der Waals surface area contributed by atoms with Crippen LogP contribution in [0.1, 0.15) is 88.2 Å². The number of hydrogen-bond donors (Lipinski definition) is 13. The molecule has 0 saturated carbocycles. The first-order valence-corrected chi connectivity index (χ1v) is 28.7. The fraction of sp³-hybridized carbons (Fsp3) is 0.492. The number of nitrogens with two attached hydrogens (primary N) is 1. The SMILES string of the molecule is CCCCCOc1ccc(-c2ccc(-c3ccc(C(=O)N[C@H]4C[C@@H](O)C(OCCN)NC(=O)C5[C@@H](O)[C@@H](C)CN5C(=O)C([C@@H](C)O)NC(=O)C([C@H](O)[C@@H](O)c5ccc(O)cc5)CC(=O)C5C[C@@H](O)CN5C(=O)C([C@@H](C)O)NC4=O)cc3)cc2)cc1. The Kier molecular flexibility index (Phi) is 22.7. The van der Waals surface area contributed by atoms with Crippen molar-refractivity contribution >= 4 is 41.2 Å². The van der Waals surface area contributed by atoms with E-state index in [1.165, 1.54) is 43.3 Å². The van der Waals surface area contributed by atoms with E-state index in [9.17, 15) is 74.4 Å². The number of phenolic OH excluding ortho intramolecular Hbond substituents is 1. The Bertz CT molecular complexity index is 2930. The molecule has 85 heavy (non-hydrogen) atoms. The van der Waals surface area contributed by atoms with Crippen LogP contribution in [-0.4, -0.2) is 198 Å². The molecular weight excluding hydrogens is 1100 g/mol. The van der Waals surface area contributed by atoms with Crippen LogP contribution in [0.25, 0.3) is 22.3 Å². The highest BCUT2D eigenvalue weighted by Gasteiger charge is 2.50. The maximum Gasteiger partial charge on any atom is 0.251 e. The molecule has 0 aliphatic carbocycles. The number of benzene rings is 4. The highest BCUT2D eigenvalue weighted by molar-refractivity contribution is 6.00. The zero-order valence-electron chi connectivity index (χ0n) is 47.9. The minimum atomic E-state index is -2.18. The lowest BCUT2D eigenvalue weighted by Gasteiger charge is -2.34. The Labute approximate surface area is 492 Å². The summed E-state index contributed by atoms with van der Waals surface area (Å²) in [7, 11) is 0. The van der Waals surface area contributed by atoms with E-state index >= 15 is 0 Å². The van der Waals surface area contributed by atoms with E-state index in [2.05, 4.69) is 28.2 Å². The number of carbonyl (C=O) groups excluding carboxylic acids is 7. The van der Waals surface area contributed by atoms with Gasteiger partial charge >= 0.3 is 0 Å². The van der Waals surface area contributed by atoms with Crippen LogP contribution >= 0.6 is 0 Å². The third kappa shape index (κ3) is 16.1. The first-order valence-electron chi connectivity index (χ1n) is 28.7. The summed E-state index contributed by atoms with van der Waals surface area (Å²) in [5.74, 6) is -9.87. The second-order valence-corrected chi connectivity index (χ2v) is 22.2. The lowest BCUT2D eigenvalue weighted by molar-refractivity contribution is -0.150. The Morgan fingerprint density at radius 1 is 0.694 bits per heavy atom. The van der Waals surface area contributed by atoms with Gasteiger partial charge in [-0.2, -0.15) is 0 Å². The molecule has 0 bridgehead atoms. The van der Waals surface area contributed by atoms with Crippen molar-refractivity contribution in [3.05, 3.63) is 108 Å². The third-order valence-corrected chi connectivity index (χ3v) is 15.8. The number of fused-ring (bicyclic) bond motifs is 2. The third-order valence-electron chi connectivity index (χ3n) is 15.8. The zero-order valence-corrected chi connectivity index (χ0v) is 47.9. The lowest BCUT2D eigenvalue weighted by atomic mass is 9.86. The standard InChI is InChI=1S/C61H79N7O17/c1-5-6-7-25-84-43-22-18-38(19-23-43)36-10-8-35(9-11-36)37-12-14-40(15-13-37)55(78)63-45-29-48(74)59(85-26-24-62)66-58(81)51-52(75)32(2)30-68(51)61(83)50(34(4)70)64-56(79)44(54(77)53(76)39-16-20-41(71)21-17-39)28-47(73)46-27-42(72)31-67(46)60(82)49(33(3)69)65-57(45)80/h8-23,32-34,42,44-46,48-54,59,69-72,74-77H,5-7,24-31,62H2,1-4H3,(H,63,78)(H,64,79)(H,65,80)(H,66,81)/t32-,33+,34+,42+,44?,45-,46?,48+,49?,50?,51?,52-,53-,54-,59?/m0/s1. The second-order valence-electron chi connectivity index (χ2n) is 22.2. The van der Waals surface area contributed by atoms with Crippen molar-refractivity contribution in [1.29, 1.82) is 0 Å². The molecule has 0 aromatic heterocycles. The van der Waals surface area contributed by atoms with E-state index in [1.54, 1.807) is 12.1 Å². The quantitative estimate of drug-likeness (QED) is 0.0626. The number of aromatic hydroxyl groups is 1. The highest BCUT2D eigenvalue weighted by Crippen LogP contribution is 2.32. The van der Waals surface area contributed by atoms with Crippen molar-refractivity contribution < 1.29 is 83.9 Å². The summed E-state index contributed by atoms with van der Waals surface area (Å²) in [4.78, 5) is 103. The molecule has 15 atom stereocenters. The van der Waals surface area contributed by atoms with Crippen molar-refractivity contribution in [2.24, 2.45) is 17.6 Å². The lowest BCUT2D eigenvalue weighted by Crippen LogP contribution is -2.61. The Balaban J connectivity index is 1.21. The van der Waals surface area contributed by atoms with Gasteiger partial charge in [0.2, 0.25) is 29.5 Å². The zero-order chi connectivity index (χ0) is 61.8. The van der Waals surface area contributed by atoms with Crippen LogP contribution in [0.5, 0.6) is 11.5 Å². The van der Waals surface area contributed by atoms with Crippen LogP contribution in [0.15, 0.2) is 97.1 Å². The van der Waals surface area contributed by atoms with Crippen LogP contribution in [0.4, 0.5) is 0 Å². The Morgan fingerprint density at radius 3 is 1.81 bits per heavy atom. The topological polar surface area (TPSA) is 380 Å². The largest absolute Gasteiger partial charge is 0.508 e. The Hall–Kier alpha value is -7.39. The molecule has 3 saturated heterocycles. The number of amides is 6. The molecule has 3 heterocycles. The van der Waals surface area contributed by atoms with E-state index in [-0.39, 0.29) is 36.6 Å². The molecule has 24 nitrogen and oxygen atoms in total. The van der Waals surface area contributed by atoms with E-state index in [1.807, 2.05) is 48.5 Å². The van der Waals surface area contributed by atoms with Gasteiger partial charge < -0.3 is 87.1 Å². The van der Waals surface area contributed by atoms with Crippen molar-refractivity contribution in [3.63, 3.8) is 0 Å². The number of aliphatic hydroxyl groups excluding tert-OH is 7. The number of carbonyl (C=O) groups is 7. The molecule has 4 aromatic carbocycles. The number of phenols is 1. The molecular formula is C61H79N7O17. The van der Waals surface area contributed by atoms with Crippen molar-refractivity contribution in [2.75, 3.05) is 32.8 Å². The average Bonchev–Trinajstić information content (AvgIpc) is 3.51. The van der Waals surface area contributed by atoms with Crippen molar-refractivity contribution in [3.8, 4) is 33.8 Å². The van der Waals surface area contributed by atoms with Gasteiger partial charge in [0.25, 0.3) is 5.91 Å². The summed E-state index contributed by atoms with van der Waals surface area (Å²) in [6, 6.07) is 17.7. The Morgan fingerprint density at radius 2 is 1.25 bits per heavy atom. The fourth-order valence-corrected chi connectivity index (χ4v) is 10.8. The molecule has 7 rings (SSSR count). The number of ether oxygens (including phenoxy) is 2. The first-order chi connectivity index (χ1) is 40.5. The van der Waals surface area contributed by atoms with Gasteiger partial charge in [-0.05, 0) is 84.5 Å². The van der Waals surface area contributed by atoms with Crippen LogP contribution in [0.3, 0.4) is 0 Å². The van der Waals surface area contributed by atoms with Crippen LogP contribution < -0.4 is 31.7 Å². The predicted molar refractivity (Wildman–Crippen MR) is 307 cm³/mol. The molecule has 6 unspecified atom stereocenters. The summed E-state index contributed by atoms with van der Waals surface area (Å²) >= 11 is 0. The van der Waals surface area contributed by atoms with Crippen molar-refractivity contribution in [1.82, 2.24) is 31.1 Å². The average molecular weight is 1180 g/mol. The molecule has 4 aromatic rings. The number of unbranched alkanes of at least 4 members (excludes halogenated alkanes) is 2. The van der Waals surface area contributed by atoms with Gasteiger partial charge in [0.1, 0.15) is 47.9 Å². The summed E-state index contributed by atoms with van der Waals surface area (Å²) in [5, 5.41) is 99.6. The molecule has 0 spiro atoms. The van der Waals surface area contributed by atoms with Crippen LogP contribution in [0, 0.1) is 11.8 Å². The number of hydrogen-bond acceptors (Lipinski definition) is 18. The normalized spacial score (nSPS) is 27.1. The number of nitrogens with one attached hydrogen (secondary N) is 4. The maximum atomic E-state index is 14.7. The van der Waals surface area contributed by atoms with Crippen LogP contribution in [-0.2, 0) is 33.5 Å². The van der Waals surface area contributed by atoms with E-state index in [0.29, 0.717) is 6.61 Å². The van der Waals surface area contributed by atoms with Crippen molar-refractivity contribution in [2.45, 2.75) is 145 Å². The highest BCUT2D eigenvalue weighted by atomic mass is 16.5. The number of Topliss-reactive ketones (excluding diaryl/α,β-unsaturated/α-hetero) is 1. The number of nitrogens with zero attached hydrogens (tertiary/aromatic N) is 2. The molecule has 0 radical (unpaired) electrons. The van der Waals surface area contributed by atoms with Crippen LogP contribution in [0.2, 0.25) is 0 Å². The molecule has 3 aliphatic heterocycles. The van der Waals surface area contributed by atoms with Gasteiger partial charge in [-0.1, -0.05) is 87.4 Å². The monoisotopic (exact) mass is 1180 g/mol. The van der Waals surface area contributed by atoms with Gasteiger partial charge in [0, 0.05) is 50.4 Å². The first kappa shape index (κ1) is 65.2. The van der Waals surface area contributed by atoms with E-state index in [0.717, 1.165) is 70.9 Å². The van der Waals surface area contributed by atoms with E-state index in [4.69, 9.17) is 15.2 Å². The van der Waals surface area contributed by atoms with Gasteiger partial charge in [-0.15, -0.1) is 0 Å². The van der Waals surface area contributed by atoms with Gasteiger partial charge in [0.05, 0.1) is 55.7 Å². The van der Waals surface area contributed by atoms with Gasteiger partial charge in [-0.3, -0.25) is 33.6 Å². The molecule has 14 N–H and O–H groups in total. The summed E-state index contributed by atoms with van der Waals surface area (Å²) in [5.41, 5.74) is 9.26. The summed E-state index contributed by atoms with van der Waals surface area (Å²) in [6.45, 7) is 5.20. The maximum absolute atomic E-state index is 14.7. The minimum absolute atomic E-state index is 0.0284. The number of rotatable bonds is 17. The molecule has 24 heteroatoms. The number of ketones is 1. The molecule has 6 amide bonds. The van der Waals surface area contributed by atoms with Gasteiger partial charge in [0.15, 0.2) is 12.0 Å². The van der Waals surface area contributed by atoms with Gasteiger partial charge in [-0.25, -0.2) is 0 Å². The second kappa shape index (κ2) is 29.6. The predicted octanol–water partition coefficient (Wildman–Crippen LogP) is 0.147. The minimum Gasteiger partial charge on any atom is -0.508 e. The molecule has 3 aliphatic rings. The fourth-order valence-electron chi connectivity index (χ4n) is 10.8. The smallest absolute Gasteiger partial charge is 0.251 e.